The molecule has 3 aliphatic rings. The van der Waals surface area contributed by atoms with Gasteiger partial charge in [-0.25, -0.2) is 0 Å². The average molecular weight is 387 g/mol. The summed E-state index contributed by atoms with van der Waals surface area (Å²) in [5.74, 6) is 0.429. The van der Waals surface area contributed by atoms with Gasteiger partial charge in [0.05, 0.1) is 17.9 Å². The van der Waals surface area contributed by atoms with Gasteiger partial charge in [-0.2, -0.15) is 0 Å². The number of rotatable bonds is 2. The molecule has 2 aliphatic carbocycles. The Bertz CT molecular complexity index is 767. The molecule has 1 fully saturated rings. The highest BCUT2D eigenvalue weighted by Gasteiger charge is 2.48. The van der Waals surface area contributed by atoms with Crippen LogP contribution in [0.25, 0.3) is 0 Å². The van der Waals surface area contributed by atoms with Crippen molar-refractivity contribution in [2.24, 2.45) is 29.1 Å². The van der Waals surface area contributed by atoms with Crippen molar-refractivity contribution in [2.45, 2.75) is 73.3 Å². The number of carbonyl (C=O) groups is 2. The third-order valence-electron chi connectivity index (χ3n) is 7.12. The molecule has 1 N–H and O–H groups in total. The third kappa shape index (κ3) is 3.52. The average Bonchev–Trinajstić information content (AvgIpc) is 3.05. The molecule has 0 radical (unpaired) electrons. The predicted molar refractivity (Wildman–Crippen MR) is 109 cm³/mol. The summed E-state index contributed by atoms with van der Waals surface area (Å²) in [4.78, 5) is 25.4. The first-order valence-electron chi connectivity index (χ1n) is 10.6. The van der Waals surface area contributed by atoms with Crippen LogP contribution >= 0.6 is 0 Å². The third-order valence-corrected chi connectivity index (χ3v) is 7.12. The molecule has 1 heterocycles. The molecule has 4 heteroatoms. The summed E-state index contributed by atoms with van der Waals surface area (Å²) in [6.07, 6.45) is 6.53. The largest absolute Gasteiger partial charge is 0.430 e. The predicted octanol–water partition coefficient (Wildman–Crippen LogP) is 4.74. The van der Waals surface area contributed by atoms with Crippen molar-refractivity contribution in [3.63, 3.8) is 0 Å². The molecule has 0 aromatic carbocycles. The molecule has 0 bridgehead atoms. The fourth-order valence-corrected chi connectivity index (χ4v) is 5.24. The van der Waals surface area contributed by atoms with E-state index in [9.17, 15) is 14.7 Å². The molecule has 5 atom stereocenters. The minimum Gasteiger partial charge on any atom is -0.430 e. The Labute approximate surface area is 168 Å². The number of aliphatic hydroxyl groups excluding tert-OH is 1. The maximum absolute atomic E-state index is 13.0. The van der Waals surface area contributed by atoms with Crippen LogP contribution in [0.2, 0.25) is 0 Å². The van der Waals surface area contributed by atoms with Gasteiger partial charge in [0.1, 0.15) is 5.76 Å². The lowest BCUT2D eigenvalue weighted by Crippen LogP contribution is -2.32. The molecule has 154 valence electrons. The van der Waals surface area contributed by atoms with Crippen LogP contribution in [0.3, 0.4) is 0 Å². The van der Waals surface area contributed by atoms with E-state index in [0.717, 1.165) is 31.3 Å². The van der Waals surface area contributed by atoms with E-state index in [4.69, 9.17) is 4.74 Å². The number of hydrogen-bond donors (Lipinski definition) is 1. The zero-order chi connectivity index (χ0) is 20.8. The Morgan fingerprint density at radius 1 is 1.18 bits per heavy atom. The summed E-state index contributed by atoms with van der Waals surface area (Å²) in [6, 6.07) is 0. The summed E-state index contributed by atoms with van der Waals surface area (Å²) in [5, 5.41) is 10.2. The van der Waals surface area contributed by atoms with E-state index in [2.05, 4.69) is 33.8 Å². The monoisotopic (exact) mass is 386 g/mol. The van der Waals surface area contributed by atoms with Gasteiger partial charge in [-0.15, -0.1) is 0 Å². The highest BCUT2D eigenvalue weighted by atomic mass is 16.5. The maximum atomic E-state index is 13.0. The lowest BCUT2D eigenvalue weighted by atomic mass is 9.69. The van der Waals surface area contributed by atoms with Gasteiger partial charge < -0.3 is 9.84 Å². The van der Waals surface area contributed by atoms with E-state index in [1.54, 1.807) is 6.92 Å². The van der Waals surface area contributed by atoms with Gasteiger partial charge in [0.25, 0.3) is 0 Å². The first-order valence-corrected chi connectivity index (χ1v) is 10.6. The number of esters is 1. The van der Waals surface area contributed by atoms with Gasteiger partial charge in [-0.1, -0.05) is 38.0 Å². The van der Waals surface area contributed by atoms with Crippen LogP contribution < -0.4 is 0 Å². The topological polar surface area (TPSA) is 63.6 Å². The van der Waals surface area contributed by atoms with Gasteiger partial charge in [0, 0.05) is 5.41 Å². The molecule has 1 aliphatic heterocycles. The zero-order valence-electron chi connectivity index (χ0n) is 18.0. The molecule has 0 unspecified atom stereocenters. The molecule has 3 rings (SSSR count). The molecule has 0 amide bonds. The van der Waals surface area contributed by atoms with E-state index in [-0.39, 0.29) is 23.6 Å². The summed E-state index contributed by atoms with van der Waals surface area (Å²) in [6.45, 7) is 12.2. The Kier molecular flexibility index (Phi) is 5.73. The van der Waals surface area contributed by atoms with Gasteiger partial charge in [0.2, 0.25) is 0 Å². The van der Waals surface area contributed by atoms with Crippen molar-refractivity contribution in [3.8, 4) is 0 Å². The highest BCUT2D eigenvalue weighted by molar-refractivity contribution is 5.98. The molecular formula is C24H34O4. The Hall–Kier alpha value is -1.68. The second-order valence-electron chi connectivity index (χ2n) is 9.54. The van der Waals surface area contributed by atoms with Gasteiger partial charge in [-0.05, 0) is 69.9 Å². The SMILES string of the molecule is C/C1=C\[C@H]2/C(=C(/C)CC[C@]3(C)C(=O)C=C(C(C)C)[C@H]3CC1)OC(=O)[C@H]2[C@H](C)O. The summed E-state index contributed by atoms with van der Waals surface area (Å²) in [7, 11) is 0. The van der Waals surface area contributed by atoms with E-state index >= 15 is 0 Å². The van der Waals surface area contributed by atoms with E-state index in [1.165, 1.54) is 11.1 Å². The van der Waals surface area contributed by atoms with Crippen LogP contribution in [0.4, 0.5) is 0 Å². The van der Waals surface area contributed by atoms with Crippen molar-refractivity contribution in [2.75, 3.05) is 0 Å². The minimum absolute atomic E-state index is 0.214. The van der Waals surface area contributed by atoms with Crippen LogP contribution in [-0.4, -0.2) is 23.0 Å². The van der Waals surface area contributed by atoms with E-state index < -0.39 is 17.4 Å². The first-order chi connectivity index (χ1) is 13.1. The molecule has 1 saturated heterocycles. The molecular weight excluding hydrogens is 352 g/mol. The number of ketones is 1. The quantitative estimate of drug-likeness (QED) is 0.550. The second kappa shape index (κ2) is 7.62. The van der Waals surface area contributed by atoms with Crippen LogP contribution in [0.15, 0.2) is 34.6 Å². The smallest absolute Gasteiger partial charge is 0.317 e. The van der Waals surface area contributed by atoms with Crippen molar-refractivity contribution in [1.82, 2.24) is 0 Å². The normalized spacial score (nSPS) is 39.5. The molecule has 0 saturated carbocycles. The van der Waals surface area contributed by atoms with E-state index in [0.29, 0.717) is 11.7 Å². The lowest BCUT2D eigenvalue weighted by Gasteiger charge is -2.33. The Morgan fingerprint density at radius 3 is 2.46 bits per heavy atom. The number of aliphatic hydroxyl groups is 1. The van der Waals surface area contributed by atoms with E-state index in [1.807, 2.05) is 13.0 Å². The lowest BCUT2D eigenvalue weighted by molar-refractivity contribution is -0.142. The summed E-state index contributed by atoms with van der Waals surface area (Å²) in [5.41, 5.74) is 3.08. The fraction of sp³-hybridized carbons (Fsp3) is 0.667. The highest BCUT2D eigenvalue weighted by Crippen LogP contribution is 2.50. The summed E-state index contributed by atoms with van der Waals surface area (Å²) >= 11 is 0. The van der Waals surface area contributed by atoms with Crippen LogP contribution in [0.1, 0.15) is 67.2 Å². The number of carbonyl (C=O) groups excluding carboxylic acids is 2. The van der Waals surface area contributed by atoms with Crippen molar-refractivity contribution in [1.29, 1.82) is 0 Å². The van der Waals surface area contributed by atoms with Crippen molar-refractivity contribution < 1.29 is 19.4 Å². The number of fused-ring (bicyclic) bond motifs is 2. The number of ether oxygens (including phenoxy) is 1. The zero-order valence-corrected chi connectivity index (χ0v) is 18.0. The maximum Gasteiger partial charge on any atom is 0.317 e. The molecule has 28 heavy (non-hydrogen) atoms. The van der Waals surface area contributed by atoms with Gasteiger partial charge in [0.15, 0.2) is 5.78 Å². The fourth-order valence-electron chi connectivity index (χ4n) is 5.24. The summed E-state index contributed by atoms with van der Waals surface area (Å²) < 4.78 is 5.64. The molecule has 0 spiro atoms. The van der Waals surface area contributed by atoms with Crippen LogP contribution in [0, 0.1) is 29.1 Å². The standard InChI is InChI=1S/C24H34O4/c1-13(2)17-12-20(26)24(6)10-9-15(4)22-18(11-14(3)7-8-19(17)24)21(16(5)25)23(27)28-22/h11-13,16,18-19,21,25H,7-10H2,1-6H3/b14-11+,22-15+/t16-,18+,19+,21-,24-/m0/s1. The van der Waals surface area contributed by atoms with Crippen molar-refractivity contribution in [3.05, 3.63) is 34.6 Å². The Morgan fingerprint density at radius 2 is 1.86 bits per heavy atom. The number of hydrogen-bond acceptors (Lipinski definition) is 4. The second-order valence-corrected chi connectivity index (χ2v) is 9.54. The molecule has 0 aromatic heterocycles. The number of allylic oxidation sites excluding steroid dienone is 5. The Balaban J connectivity index is 2.02. The van der Waals surface area contributed by atoms with Gasteiger partial charge >= 0.3 is 5.97 Å². The molecule has 0 aromatic rings. The van der Waals surface area contributed by atoms with Gasteiger partial charge in [-0.3, -0.25) is 9.59 Å². The molecule has 4 nitrogen and oxygen atoms in total. The first kappa shape index (κ1) is 21.0. The minimum atomic E-state index is -0.758. The van der Waals surface area contributed by atoms with Crippen molar-refractivity contribution >= 4 is 11.8 Å². The van der Waals surface area contributed by atoms with Crippen LogP contribution in [-0.2, 0) is 14.3 Å². The van der Waals surface area contributed by atoms with Crippen LogP contribution in [0.5, 0.6) is 0 Å².